The van der Waals surface area contributed by atoms with Crippen molar-refractivity contribution in [2.45, 2.75) is 51.0 Å². The largest absolute Gasteiger partial charge is 0.349 e. The van der Waals surface area contributed by atoms with Crippen LogP contribution in [-0.2, 0) is 14.8 Å². The Balaban J connectivity index is 1.71. The number of amides is 2. The second-order valence-electron chi connectivity index (χ2n) is 8.29. The minimum atomic E-state index is -3.70. The second kappa shape index (κ2) is 8.83. The normalized spacial score (nSPS) is 26.2. The molecular weight excluding hydrogens is 390 g/mol. The first-order valence-corrected chi connectivity index (χ1v) is 11.8. The van der Waals surface area contributed by atoms with Gasteiger partial charge in [0.05, 0.1) is 4.90 Å². The van der Waals surface area contributed by atoms with Gasteiger partial charge in [-0.15, -0.1) is 0 Å². The first-order valence-electron chi connectivity index (χ1n) is 10.4. The van der Waals surface area contributed by atoms with Crippen LogP contribution >= 0.6 is 0 Å². The highest BCUT2D eigenvalue weighted by atomic mass is 32.2. The van der Waals surface area contributed by atoms with Crippen molar-refractivity contribution in [1.29, 1.82) is 0 Å². The van der Waals surface area contributed by atoms with Crippen LogP contribution in [-0.4, -0.2) is 61.7 Å². The molecule has 2 amide bonds. The average molecular weight is 422 g/mol. The van der Waals surface area contributed by atoms with Gasteiger partial charge in [-0.1, -0.05) is 32.8 Å². The smallest absolute Gasteiger partial charge is 0.251 e. The molecule has 0 spiro atoms. The van der Waals surface area contributed by atoms with Crippen LogP contribution in [0.4, 0.5) is 0 Å². The van der Waals surface area contributed by atoms with E-state index in [4.69, 9.17) is 0 Å². The molecule has 29 heavy (non-hydrogen) atoms. The number of nitrogens with one attached hydrogen (secondary N) is 1. The maximum atomic E-state index is 13.0. The molecule has 0 radical (unpaired) electrons. The number of carbonyl (C=O) groups is 2. The minimum Gasteiger partial charge on any atom is -0.349 e. The molecular formula is C21H31N3O4S. The van der Waals surface area contributed by atoms with Gasteiger partial charge in [0.25, 0.3) is 5.91 Å². The summed E-state index contributed by atoms with van der Waals surface area (Å²) in [6.45, 7) is 7.14. The lowest BCUT2D eigenvalue weighted by Gasteiger charge is -2.34. The molecule has 0 bridgehead atoms. The molecule has 1 saturated heterocycles. The predicted molar refractivity (Wildman–Crippen MR) is 111 cm³/mol. The van der Waals surface area contributed by atoms with E-state index in [1.54, 1.807) is 17.0 Å². The van der Waals surface area contributed by atoms with Crippen LogP contribution in [0.1, 0.15) is 50.4 Å². The Morgan fingerprint density at radius 1 is 1.07 bits per heavy atom. The van der Waals surface area contributed by atoms with Gasteiger partial charge in [0.15, 0.2) is 0 Å². The van der Waals surface area contributed by atoms with E-state index in [1.165, 1.54) is 29.8 Å². The Morgan fingerprint density at radius 2 is 1.76 bits per heavy atom. The van der Waals surface area contributed by atoms with Crippen molar-refractivity contribution in [3.05, 3.63) is 29.8 Å². The van der Waals surface area contributed by atoms with Gasteiger partial charge in [-0.3, -0.25) is 9.59 Å². The lowest BCUT2D eigenvalue weighted by molar-refractivity contribution is -0.129. The molecule has 2 fully saturated rings. The Labute approximate surface area is 173 Å². The second-order valence-corrected chi connectivity index (χ2v) is 10.2. The van der Waals surface area contributed by atoms with Crippen LogP contribution in [0.15, 0.2) is 29.2 Å². The number of piperazine rings is 1. The lowest BCUT2D eigenvalue weighted by atomic mass is 9.78. The van der Waals surface area contributed by atoms with Gasteiger partial charge in [0.2, 0.25) is 15.9 Å². The molecule has 1 heterocycles. The molecule has 1 aliphatic heterocycles. The van der Waals surface area contributed by atoms with Gasteiger partial charge < -0.3 is 10.2 Å². The zero-order valence-electron chi connectivity index (χ0n) is 17.4. The molecule has 1 saturated carbocycles. The Bertz CT molecular complexity index is 862. The summed E-state index contributed by atoms with van der Waals surface area (Å²) in [4.78, 5) is 26.0. The van der Waals surface area contributed by atoms with E-state index in [0.29, 0.717) is 30.5 Å². The molecule has 0 unspecified atom stereocenters. The standard InChI is InChI=1S/C21H31N3O4S/c1-15-6-4-9-20(16(15)2)22-21(26)18-7-5-8-19(14-18)29(27,28)24-12-10-23(11-13-24)17(3)25/h5,7-8,14-16,20H,4,6,9-13H2,1-3H3,(H,22,26)/t15-,16+,20-/m0/s1. The number of benzene rings is 1. The van der Waals surface area contributed by atoms with E-state index in [9.17, 15) is 18.0 Å². The SMILES string of the molecule is CC(=O)N1CCN(S(=O)(=O)c2cccc(C(=O)N[C@H]3CCC[C@H](C)[C@H]3C)c2)CC1. The topological polar surface area (TPSA) is 86.8 Å². The lowest BCUT2D eigenvalue weighted by Crippen LogP contribution is -2.49. The predicted octanol–water partition coefficient (Wildman–Crippen LogP) is 2.09. The molecule has 1 aromatic carbocycles. The van der Waals surface area contributed by atoms with Crippen molar-refractivity contribution in [3.63, 3.8) is 0 Å². The Hall–Kier alpha value is -1.93. The monoisotopic (exact) mass is 421 g/mol. The minimum absolute atomic E-state index is 0.0491. The van der Waals surface area contributed by atoms with Crippen molar-refractivity contribution >= 4 is 21.8 Å². The summed E-state index contributed by atoms with van der Waals surface area (Å²) >= 11 is 0. The molecule has 7 nitrogen and oxygen atoms in total. The number of hydrogen-bond donors (Lipinski definition) is 1. The third kappa shape index (κ3) is 4.80. The zero-order chi connectivity index (χ0) is 21.2. The number of carbonyl (C=O) groups excluding carboxylic acids is 2. The number of hydrogen-bond acceptors (Lipinski definition) is 4. The summed E-state index contributed by atoms with van der Waals surface area (Å²) < 4.78 is 27.4. The van der Waals surface area contributed by atoms with Crippen LogP contribution in [0.2, 0.25) is 0 Å². The van der Waals surface area contributed by atoms with Crippen LogP contribution in [0.5, 0.6) is 0 Å². The maximum Gasteiger partial charge on any atom is 0.251 e. The Morgan fingerprint density at radius 3 is 2.41 bits per heavy atom. The molecule has 0 aromatic heterocycles. The van der Waals surface area contributed by atoms with Crippen molar-refractivity contribution in [1.82, 2.24) is 14.5 Å². The van der Waals surface area contributed by atoms with E-state index >= 15 is 0 Å². The van der Waals surface area contributed by atoms with Crippen LogP contribution < -0.4 is 5.32 Å². The van der Waals surface area contributed by atoms with Crippen LogP contribution in [0.25, 0.3) is 0 Å². The summed E-state index contributed by atoms with van der Waals surface area (Å²) in [5.74, 6) is 0.688. The van der Waals surface area contributed by atoms with Gasteiger partial charge in [-0.05, 0) is 36.5 Å². The van der Waals surface area contributed by atoms with Gasteiger partial charge in [0, 0.05) is 44.7 Å². The van der Waals surface area contributed by atoms with E-state index < -0.39 is 10.0 Å². The molecule has 1 aliphatic carbocycles. The molecule has 160 valence electrons. The van der Waals surface area contributed by atoms with E-state index in [2.05, 4.69) is 19.2 Å². The number of nitrogens with zero attached hydrogens (tertiary/aromatic N) is 2. The molecule has 2 aliphatic rings. The van der Waals surface area contributed by atoms with E-state index in [0.717, 1.165) is 12.8 Å². The molecule has 3 rings (SSSR count). The molecule has 1 N–H and O–H groups in total. The third-order valence-corrected chi connectivity index (χ3v) is 8.34. The summed E-state index contributed by atoms with van der Waals surface area (Å²) in [6, 6.07) is 6.36. The zero-order valence-corrected chi connectivity index (χ0v) is 18.2. The van der Waals surface area contributed by atoms with Gasteiger partial charge in [-0.2, -0.15) is 4.31 Å². The van der Waals surface area contributed by atoms with Gasteiger partial charge in [-0.25, -0.2) is 8.42 Å². The van der Waals surface area contributed by atoms with Crippen LogP contribution in [0.3, 0.4) is 0 Å². The summed E-state index contributed by atoms with van der Waals surface area (Å²) in [5.41, 5.74) is 0.360. The van der Waals surface area contributed by atoms with Crippen molar-refractivity contribution in [3.8, 4) is 0 Å². The maximum absolute atomic E-state index is 13.0. The highest BCUT2D eigenvalue weighted by molar-refractivity contribution is 7.89. The van der Waals surface area contributed by atoms with Crippen molar-refractivity contribution < 1.29 is 18.0 Å². The third-order valence-electron chi connectivity index (χ3n) is 6.44. The first kappa shape index (κ1) is 21.8. The summed E-state index contributed by atoms with van der Waals surface area (Å²) in [5, 5.41) is 3.10. The summed E-state index contributed by atoms with van der Waals surface area (Å²) in [7, 11) is -3.70. The highest BCUT2D eigenvalue weighted by Gasteiger charge is 2.31. The molecule has 3 atom stereocenters. The first-order chi connectivity index (χ1) is 13.7. The highest BCUT2D eigenvalue weighted by Crippen LogP contribution is 2.29. The van der Waals surface area contributed by atoms with E-state index in [-0.39, 0.29) is 35.8 Å². The van der Waals surface area contributed by atoms with E-state index in [1.807, 2.05) is 0 Å². The Kier molecular flexibility index (Phi) is 6.63. The van der Waals surface area contributed by atoms with Gasteiger partial charge in [0.1, 0.15) is 0 Å². The number of rotatable bonds is 4. The van der Waals surface area contributed by atoms with Crippen molar-refractivity contribution in [2.75, 3.05) is 26.2 Å². The molecule has 8 heteroatoms. The fourth-order valence-electron chi connectivity index (χ4n) is 4.23. The number of sulfonamides is 1. The fraction of sp³-hybridized carbons (Fsp3) is 0.619. The quantitative estimate of drug-likeness (QED) is 0.807. The summed E-state index contributed by atoms with van der Waals surface area (Å²) in [6.07, 6.45) is 3.23. The van der Waals surface area contributed by atoms with Crippen molar-refractivity contribution in [2.24, 2.45) is 11.8 Å². The average Bonchev–Trinajstić information content (AvgIpc) is 2.71. The van der Waals surface area contributed by atoms with Gasteiger partial charge >= 0.3 is 0 Å². The van der Waals surface area contributed by atoms with Crippen LogP contribution in [0, 0.1) is 11.8 Å². The molecule has 1 aromatic rings. The fourth-order valence-corrected chi connectivity index (χ4v) is 5.70.